The first kappa shape index (κ1) is 22.7. The second-order valence-electron chi connectivity index (χ2n) is 8.77. The van der Waals surface area contributed by atoms with E-state index in [1.807, 2.05) is 46.1 Å². The molecule has 1 atom stereocenters. The minimum absolute atomic E-state index is 0.110. The summed E-state index contributed by atoms with van der Waals surface area (Å²) in [6, 6.07) is 6.00. The van der Waals surface area contributed by atoms with Crippen LogP contribution in [0.5, 0.6) is 0 Å². The molecule has 32 heavy (non-hydrogen) atoms. The molecule has 1 N–H and O–H groups in total. The Balaban J connectivity index is 1.85. The van der Waals surface area contributed by atoms with Crippen molar-refractivity contribution >= 4 is 39.5 Å². The molecular formula is C22H23F3N4OS2. The smallest absolute Gasteiger partial charge is 0.338 e. The van der Waals surface area contributed by atoms with Crippen molar-refractivity contribution in [3.63, 3.8) is 0 Å². The van der Waals surface area contributed by atoms with Gasteiger partial charge in [0.15, 0.2) is 11.0 Å². The maximum Gasteiger partial charge on any atom is 0.433 e. The molecule has 0 bridgehead atoms. The van der Waals surface area contributed by atoms with Crippen molar-refractivity contribution in [1.29, 1.82) is 0 Å². The molecule has 0 fully saturated rings. The summed E-state index contributed by atoms with van der Waals surface area (Å²) in [6.07, 6.45) is -4.55. The highest BCUT2D eigenvalue weighted by molar-refractivity contribution is 7.88. The summed E-state index contributed by atoms with van der Waals surface area (Å²) in [5.41, 5.74) is 3.30. The molecule has 0 aliphatic carbocycles. The van der Waals surface area contributed by atoms with E-state index in [2.05, 4.69) is 15.3 Å². The van der Waals surface area contributed by atoms with E-state index in [0.717, 1.165) is 22.9 Å². The molecule has 1 aliphatic rings. The Labute approximate surface area is 191 Å². The molecule has 0 radical (unpaired) electrons. The Bertz CT molecular complexity index is 1210. The monoisotopic (exact) mass is 480 g/mol. The first-order valence-electron chi connectivity index (χ1n) is 9.96. The van der Waals surface area contributed by atoms with Crippen LogP contribution in [0.2, 0.25) is 0 Å². The van der Waals surface area contributed by atoms with Gasteiger partial charge in [0.1, 0.15) is 11.5 Å². The number of anilines is 3. The topological polar surface area (TPSA) is 58.1 Å². The third kappa shape index (κ3) is 4.13. The maximum atomic E-state index is 13.7. The molecular weight excluding hydrogens is 457 g/mol. The highest BCUT2D eigenvalue weighted by atomic mass is 32.2. The third-order valence-corrected chi connectivity index (χ3v) is 7.84. The standard InChI is InChI=1S/C22H23F3N4OS2/c1-12-6-8-15-18(13(12)2)29(32(30)20-28-17(11-31-20)21(3,4)5)10-14-7-9-16(22(23,24)25)27-19(14)26-15/h6-9,11H,10H2,1-5H3,(H,26,27). The third-order valence-electron chi connectivity index (χ3n) is 5.39. The quantitative estimate of drug-likeness (QED) is 0.471. The van der Waals surface area contributed by atoms with Crippen LogP contribution >= 0.6 is 11.3 Å². The van der Waals surface area contributed by atoms with Gasteiger partial charge < -0.3 is 5.32 Å². The molecule has 0 amide bonds. The van der Waals surface area contributed by atoms with Crippen LogP contribution in [-0.4, -0.2) is 14.2 Å². The molecule has 5 nitrogen and oxygen atoms in total. The van der Waals surface area contributed by atoms with Crippen molar-refractivity contribution in [2.75, 3.05) is 9.62 Å². The van der Waals surface area contributed by atoms with Crippen molar-refractivity contribution < 1.29 is 17.4 Å². The second kappa shape index (κ2) is 7.84. The van der Waals surface area contributed by atoms with Crippen molar-refractivity contribution in [1.82, 2.24) is 9.97 Å². The number of nitrogens with one attached hydrogen (secondary N) is 1. The SMILES string of the molecule is Cc1ccc2c(c1C)N(S(=O)c1nc(C(C)(C)C)cs1)Cc1ccc(C(F)(F)F)nc1N2. The zero-order valence-electron chi connectivity index (χ0n) is 18.3. The molecule has 3 heterocycles. The summed E-state index contributed by atoms with van der Waals surface area (Å²) in [5.74, 6) is 0.110. The summed E-state index contributed by atoms with van der Waals surface area (Å²) in [7, 11) is -1.65. The number of thiazole rings is 1. The maximum absolute atomic E-state index is 13.7. The fourth-order valence-electron chi connectivity index (χ4n) is 3.38. The molecule has 0 spiro atoms. The number of halogens is 3. The number of benzene rings is 1. The summed E-state index contributed by atoms with van der Waals surface area (Å²) in [5, 5.41) is 4.95. The molecule has 4 rings (SSSR count). The van der Waals surface area contributed by atoms with E-state index in [1.54, 1.807) is 10.4 Å². The average Bonchev–Trinajstić information content (AvgIpc) is 3.14. The minimum Gasteiger partial charge on any atom is -0.338 e. The van der Waals surface area contributed by atoms with Crippen LogP contribution in [0.1, 0.15) is 48.8 Å². The lowest BCUT2D eigenvalue weighted by Crippen LogP contribution is -2.26. The van der Waals surface area contributed by atoms with Gasteiger partial charge in [0.2, 0.25) is 4.34 Å². The van der Waals surface area contributed by atoms with Crippen molar-refractivity contribution in [2.24, 2.45) is 0 Å². The molecule has 10 heteroatoms. The van der Waals surface area contributed by atoms with Crippen LogP contribution < -0.4 is 9.62 Å². The predicted octanol–water partition coefficient (Wildman–Crippen LogP) is 6.26. The molecule has 2 aromatic heterocycles. The van der Waals surface area contributed by atoms with Crippen LogP contribution in [0.25, 0.3) is 0 Å². The summed E-state index contributed by atoms with van der Waals surface area (Å²) in [6.45, 7) is 10.1. The van der Waals surface area contributed by atoms with E-state index in [0.29, 0.717) is 21.3 Å². The van der Waals surface area contributed by atoms with Crippen molar-refractivity contribution in [2.45, 2.75) is 57.1 Å². The Hall–Kier alpha value is -2.46. The predicted molar refractivity (Wildman–Crippen MR) is 122 cm³/mol. The minimum atomic E-state index is -4.55. The highest BCUT2D eigenvalue weighted by Crippen LogP contribution is 2.42. The summed E-state index contributed by atoms with van der Waals surface area (Å²) < 4.78 is 55.6. The number of hydrogen-bond acceptors (Lipinski definition) is 5. The lowest BCUT2D eigenvalue weighted by Gasteiger charge is -2.25. The molecule has 0 saturated carbocycles. The Morgan fingerprint density at radius 2 is 1.78 bits per heavy atom. The van der Waals surface area contributed by atoms with Gasteiger partial charge in [-0.15, -0.1) is 11.3 Å². The zero-order valence-corrected chi connectivity index (χ0v) is 19.9. The van der Waals surface area contributed by atoms with E-state index >= 15 is 0 Å². The zero-order chi connectivity index (χ0) is 23.4. The van der Waals surface area contributed by atoms with Gasteiger partial charge in [0.05, 0.1) is 23.6 Å². The largest absolute Gasteiger partial charge is 0.433 e. The number of rotatable bonds is 2. The van der Waals surface area contributed by atoms with Crippen LogP contribution in [0.3, 0.4) is 0 Å². The van der Waals surface area contributed by atoms with Gasteiger partial charge in [-0.2, -0.15) is 13.2 Å². The van der Waals surface area contributed by atoms with Crippen molar-refractivity contribution in [3.8, 4) is 0 Å². The first-order valence-corrected chi connectivity index (χ1v) is 11.9. The molecule has 1 unspecified atom stereocenters. The second-order valence-corrected chi connectivity index (χ2v) is 11.2. The Morgan fingerprint density at radius 3 is 2.41 bits per heavy atom. The van der Waals surface area contributed by atoms with E-state index < -0.39 is 22.9 Å². The van der Waals surface area contributed by atoms with Crippen LogP contribution in [0.4, 0.5) is 30.4 Å². The molecule has 1 aliphatic heterocycles. The van der Waals surface area contributed by atoms with Gasteiger partial charge in [0.25, 0.3) is 0 Å². The van der Waals surface area contributed by atoms with Gasteiger partial charge in [-0.05, 0) is 37.1 Å². The van der Waals surface area contributed by atoms with Crippen LogP contribution in [-0.2, 0) is 29.1 Å². The number of aryl methyl sites for hydroxylation is 1. The van der Waals surface area contributed by atoms with E-state index in [4.69, 9.17) is 0 Å². The molecule has 170 valence electrons. The lowest BCUT2D eigenvalue weighted by atomic mass is 9.93. The van der Waals surface area contributed by atoms with E-state index in [-0.39, 0.29) is 17.8 Å². The van der Waals surface area contributed by atoms with Gasteiger partial charge in [-0.1, -0.05) is 32.9 Å². The highest BCUT2D eigenvalue weighted by Gasteiger charge is 2.35. The number of fused-ring (bicyclic) bond motifs is 2. The van der Waals surface area contributed by atoms with Crippen LogP contribution in [0.15, 0.2) is 34.0 Å². The van der Waals surface area contributed by atoms with Gasteiger partial charge >= 0.3 is 6.18 Å². The average molecular weight is 481 g/mol. The fourth-order valence-corrected chi connectivity index (χ4v) is 5.92. The normalized spacial score (nSPS) is 14.9. The van der Waals surface area contributed by atoms with Crippen molar-refractivity contribution in [3.05, 3.63) is 57.7 Å². The summed E-state index contributed by atoms with van der Waals surface area (Å²) >= 11 is 1.32. The van der Waals surface area contributed by atoms with E-state index in [1.165, 1.54) is 17.4 Å². The number of nitrogens with zero attached hydrogens (tertiary/aromatic N) is 3. The lowest BCUT2D eigenvalue weighted by molar-refractivity contribution is -0.141. The first-order chi connectivity index (χ1) is 14.9. The Kier molecular flexibility index (Phi) is 5.57. The van der Waals surface area contributed by atoms with Gasteiger partial charge in [0, 0.05) is 16.4 Å². The Morgan fingerprint density at radius 1 is 1.06 bits per heavy atom. The molecule has 0 saturated heterocycles. The number of pyridine rings is 1. The van der Waals surface area contributed by atoms with E-state index in [9.17, 15) is 17.4 Å². The van der Waals surface area contributed by atoms with Crippen LogP contribution in [0, 0.1) is 13.8 Å². The molecule has 3 aromatic rings. The molecule has 1 aromatic carbocycles. The fraction of sp³-hybridized carbons (Fsp3) is 0.364. The number of aromatic nitrogens is 2. The van der Waals surface area contributed by atoms with Gasteiger partial charge in [-0.25, -0.2) is 14.2 Å². The summed E-state index contributed by atoms with van der Waals surface area (Å²) in [4.78, 5) is 8.43. The number of alkyl halides is 3. The van der Waals surface area contributed by atoms with Gasteiger partial charge in [-0.3, -0.25) is 4.31 Å². The number of hydrogen-bond donors (Lipinski definition) is 1.